The Kier molecular flexibility index (Phi) is 3.75. The van der Waals surface area contributed by atoms with Gasteiger partial charge in [-0.2, -0.15) is 0 Å². The van der Waals surface area contributed by atoms with Gasteiger partial charge in [0.25, 0.3) is 0 Å². The van der Waals surface area contributed by atoms with E-state index >= 15 is 0 Å². The van der Waals surface area contributed by atoms with Crippen molar-refractivity contribution in [3.8, 4) is 22.4 Å². The van der Waals surface area contributed by atoms with E-state index in [1.54, 1.807) is 0 Å². The highest BCUT2D eigenvalue weighted by molar-refractivity contribution is 7.71. The highest BCUT2D eigenvalue weighted by Crippen LogP contribution is 2.36. The van der Waals surface area contributed by atoms with E-state index in [-0.39, 0.29) is 0 Å². The van der Waals surface area contributed by atoms with Gasteiger partial charge < -0.3 is 4.98 Å². The van der Waals surface area contributed by atoms with Crippen LogP contribution in [-0.4, -0.2) is 4.98 Å². The van der Waals surface area contributed by atoms with Crippen LogP contribution in [0.2, 0.25) is 0 Å². The summed E-state index contributed by atoms with van der Waals surface area (Å²) >= 11 is 5.62. The van der Waals surface area contributed by atoms with E-state index < -0.39 is 0 Å². The fraction of sp³-hybridized carbons (Fsp3) is 0.0455. The molecule has 0 radical (unpaired) electrons. The molecule has 1 N–H and O–H groups in total. The van der Waals surface area contributed by atoms with Crippen LogP contribution < -0.4 is 0 Å². The summed E-state index contributed by atoms with van der Waals surface area (Å²) in [6.07, 6.45) is 0. The van der Waals surface area contributed by atoms with Crippen LogP contribution in [0.4, 0.5) is 0 Å². The highest BCUT2D eigenvalue weighted by atomic mass is 32.1. The molecule has 0 aliphatic rings. The quantitative estimate of drug-likeness (QED) is 0.413. The molecule has 0 saturated heterocycles. The molecule has 24 heavy (non-hydrogen) atoms. The normalized spacial score (nSPS) is 10.9. The molecule has 0 aliphatic heterocycles. The molecule has 1 nitrogen and oxygen atoms in total. The SMILES string of the molecule is Cc1ccc(-c2[nH]c(=S)c3ccccc3c2-c2ccccc2)cc1. The van der Waals surface area contributed by atoms with Crippen molar-refractivity contribution in [2.75, 3.05) is 0 Å². The molecule has 3 aromatic carbocycles. The maximum absolute atomic E-state index is 5.62. The number of rotatable bonds is 2. The summed E-state index contributed by atoms with van der Waals surface area (Å²) in [5, 5.41) is 2.27. The fourth-order valence-electron chi connectivity index (χ4n) is 3.12. The van der Waals surface area contributed by atoms with Crippen LogP contribution in [0.3, 0.4) is 0 Å². The molecule has 0 fully saturated rings. The zero-order valence-corrected chi connectivity index (χ0v) is 14.2. The third-order valence-electron chi connectivity index (χ3n) is 4.33. The zero-order valence-electron chi connectivity index (χ0n) is 13.4. The fourth-order valence-corrected chi connectivity index (χ4v) is 3.40. The van der Waals surface area contributed by atoms with Crippen LogP contribution in [0.25, 0.3) is 33.2 Å². The standard InChI is InChI=1S/C22H17NS/c1-15-11-13-17(14-12-15)21-20(16-7-3-2-4-8-16)18-9-5-6-10-19(18)22(24)23-21/h2-14H,1H3,(H,23,24). The van der Waals surface area contributed by atoms with E-state index in [9.17, 15) is 0 Å². The monoisotopic (exact) mass is 327 g/mol. The van der Waals surface area contributed by atoms with Crippen LogP contribution in [-0.2, 0) is 0 Å². The summed E-state index contributed by atoms with van der Waals surface area (Å²) in [6, 6.07) is 27.4. The lowest BCUT2D eigenvalue weighted by atomic mass is 9.94. The Morgan fingerprint density at radius 2 is 1.29 bits per heavy atom. The number of nitrogens with one attached hydrogen (secondary N) is 1. The molecule has 4 rings (SSSR count). The van der Waals surface area contributed by atoms with Gasteiger partial charge in [0.05, 0.1) is 5.69 Å². The first-order valence-electron chi connectivity index (χ1n) is 8.01. The second kappa shape index (κ2) is 6.06. The number of aromatic nitrogens is 1. The van der Waals surface area contributed by atoms with Crippen LogP contribution in [0.5, 0.6) is 0 Å². The Morgan fingerprint density at radius 3 is 2.00 bits per heavy atom. The van der Waals surface area contributed by atoms with Gasteiger partial charge in [0.1, 0.15) is 4.64 Å². The van der Waals surface area contributed by atoms with Crippen LogP contribution >= 0.6 is 12.2 Å². The molecule has 4 aromatic rings. The van der Waals surface area contributed by atoms with Gasteiger partial charge in [0.2, 0.25) is 0 Å². The maximum atomic E-state index is 5.62. The Hall–Kier alpha value is -2.71. The number of pyridine rings is 1. The third kappa shape index (κ3) is 2.55. The molecule has 0 spiro atoms. The molecular weight excluding hydrogens is 310 g/mol. The lowest BCUT2D eigenvalue weighted by molar-refractivity contribution is 1.32. The van der Waals surface area contributed by atoms with E-state index in [0.717, 1.165) is 21.3 Å². The van der Waals surface area contributed by atoms with Crippen molar-refractivity contribution in [3.05, 3.63) is 89.1 Å². The minimum absolute atomic E-state index is 0.779. The number of hydrogen-bond donors (Lipinski definition) is 1. The van der Waals surface area contributed by atoms with Crippen molar-refractivity contribution in [3.63, 3.8) is 0 Å². The second-order valence-electron chi connectivity index (χ2n) is 5.98. The first-order chi connectivity index (χ1) is 11.7. The minimum Gasteiger partial charge on any atom is -0.345 e. The van der Waals surface area contributed by atoms with Gasteiger partial charge in [0.15, 0.2) is 0 Å². The lowest BCUT2D eigenvalue weighted by Gasteiger charge is -2.14. The summed E-state index contributed by atoms with van der Waals surface area (Å²) in [6.45, 7) is 2.10. The first kappa shape index (κ1) is 14.9. The van der Waals surface area contributed by atoms with E-state index in [1.807, 2.05) is 12.1 Å². The molecule has 0 unspecified atom stereocenters. The third-order valence-corrected chi connectivity index (χ3v) is 4.65. The Balaban J connectivity index is 2.13. The van der Waals surface area contributed by atoms with Crippen molar-refractivity contribution >= 4 is 23.0 Å². The summed E-state index contributed by atoms with van der Waals surface area (Å²) in [7, 11) is 0. The molecule has 1 aromatic heterocycles. The van der Waals surface area contributed by atoms with Gasteiger partial charge >= 0.3 is 0 Å². The van der Waals surface area contributed by atoms with E-state index in [4.69, 9.17) is 12.2 Å². The van der Waals surface area contributed by atoms with Crippen LogP contribution in [0, 0.1) is 11.6 Å². The van der Waals surface area contributed by atoms with E-state index in [2.05, 4.69) is 78.6 Å². The Morgan fingerprint density at radius 1 is 0.667 bits per heavy atom. The Bertz CT molecular complexity index is 1060. The molecule has 0 amide bonds. The zero-order chi connectivity index (χ0) is 16.5. The first-order valence-corrected chi connectivity index (χ1v) is 8.42. The van der Waals surface area contributed by atoms with Crippen molar-refractivity contribution in [1.29, 1.82) is 0 Å². The molecule has 0 saturated carbocycles. The molecule has 0 aliphatic carbocycles. The predicted octanol–water partition coefficient (Wildman–Crippen LogP) is 6.54. The van der Waals surface area contributed by atoms with Crippen molar-refractivity contribution in [2.45, 2.75) is 6.92 Å². The summed E-state index contributed by atoms with van der Waals surface area (Å²) < 4.78 is 0.779. The minimum atomic E-state index is 0.779. The maximum Gasteiger partial charge on any atom is 0.111 e. The molecule has 2 heteroatoms. The Labute approximate surface area is 146 Å². The van der Waals surface area contributed by atoms with Gasteiger partial charge in [-0.05, 0) is 23.4 Å². The van der Waals surface area contributed by atoms with Gasteiger partial charge in [-0.25, -0.2) is 0 Å². The summed E-state index contributed by atoms with van der Waals surface area (Å²) in [5.41, 5.74) is 5.86. The van der Waals surface area contributed by atoms with E-state index in [1.165, 1.54) is 22.1 Å². The number of aromatic amines is 1. The number of fused-ring (bicyclic) bond motifs is 1. The topological polar surface area (TPSA) is 15.8 Å². The second-order valence-corrected chi connectivity index (χ2v) is 6.39. The number of hydrogen-bond acceptors (Lipinski definition) is 1. The number of benzene rings is 3. The number of H-pyrrole nitrogens is 1. The van der Waals surface area contributed by atoms with Gasteiger partial charge in [-0.1, -0.05) is 96.6 Å². The average Bonchev–Trinajstić information content (AvgIpc) is 2.63. The molecule has 0 atom stereocenters. The van der Waals surface area contributed by atoms with Crippen molar-refractivity contribution in [2.24, 2.45) is 0 Å². The van der Waals surface area contributed by atoms with E-state index in [0.29, 0.717) is 0 Å². The van der Waals surface area contributed by atoms with Crippen molar-refractivity contribution < 1.29 is 0 Å². The highest BCUT2D eigenvalue weighted by Gasteiger charge is 2.13. The molecule has 0 bridgehead atoms. The molecule has 1 heterocycles. The smallest absolute Gasteiger partial charge is 0.111 e. The molecule has 116 valence electrons. The summed E-state index contributed by atoms with van der Waals surface area (Å²) in [5.74, 6) is 0. The van der Waals surface area contributed by atoms with Crippen LogP contribution in [0.1, 0.15) is 5.56 Å². The van der Waals surface area contributed by atoms with Crippen molar-refractivity contribution in [1.82, 2.24) is 4.98 Å². The van der Waals surface area contributed by atoms with Gasteiger partial charge in [-0.3, -0.25) is 0 Å². The number of aryl methyl sites for hydroxylation is 1. The molecular formula is C22H17NS. The summed E-state index contributed by atoms with van der Waals surface area (Å²) in [4.78, 5) is 3.47. The predicted molar refractivity (Wildman–Crippen MR) is 105 cm³/mol. The van der Waals surface area contributed by atoms with Crippen LogP contribution in [0.15, 0.2) is 78.9 Å². The van der Waals surface area contributed by atoms with Gasteiger partial charge in [0, 0.05) is 10.9 Å². The average molecular weight is 327 g/mol. The van der Waals surface area contributed by atoms with Gasteiger partial charge in [-0.15, -0.1) is 0 Å². The largest absolute Gasteiger partial charge is 0.345 e. The lowest BCUT2D eigenvalue weighted by Crippen LogP contribution is -1.93.